The fraction of sp³-hybridized carbons (Fsp3) is 0.0556. The molecule has 28 heavy (non-hydrogen) atoms. The van der Waals surface area contributed by atoms with Crippen molar-refractivity contribution in [2.45, 2.75) is 11.8 Å². The molecule has 10 heteroatoms. The number of hydrogen-bond donors (Lipinski definition) is 3. The van der Waals surface area contributed by atoms with Crippen molar-refractivity contribution in [2.75, 3.05) is 0 Å². The summed E-state index contributed by atoms with van der Waals surface area (Å²) in [5, 5.41) is 28.2. The summed E-state index contributed by atoms with van der Waals surface area (Å²) in [4.78, 5) is 10.9. The molecule has 0 fully saturated rings. The number of carboxylic acid groups (broad SMARTS) is 1. The van der Waals surface area contributed by atoms with Crippen molar-refractivity contribution in [1.82, 2.24) is 0 Å². The topological polar surface area (TPSA) is 168 Å². The van der Waals surface area contributed by atoms with Crippen LogP contribution in [0.5, 0.6) is 5.75 Å². The summed E-state index contributed by atoms with van der Waals surface area (Å²) in [7, 11) is -4.54. The first-order valence-electron chi connectivity index (χ1n) is 7.66. The van der Waals surface area contributed by atoms with Crippen LogP contribution in [0.15, 0.2) is 63.7 Å². The second-order valence-corrected chi connectivity index (χ2v) is 7.18. The minimum atomic E-state index is -4.54. The van der Waals surface area contributed by atoms with E-state index in [1.165, 1.54) is 18.2 Å². The van der Waals surface area contributed by atoms with E-state index in [1.807, 2.05) is 0 Å². The van der Waals surface area contributed by atoms with E-state index in [-0.39, 0.29) is 22.4 Å². The molecule has 0 aliphatic heterocycles. The highest BCUT2D eigenvalue weighted by Crippen LogP contribution is 2.39. The van der Waals surface area contributed by atoms with Crippen molar-refractivity contribution in [3.63, 3.8) is 0 Å². The Hall–Kier alpha value is -3.34. The molecule has 0 aliphatic rings. The Balaban J connectivity index is 0.00000280. The van der Waals surface area contributed by atoms with Gasteiger partial charge in [-0.3, -0.25) is 4.55 Å². The Morgan fingerprint density at radius 2 is 1.71 bits per heavy atom. The quantitative estimate of drug-likeness (QED) is 0.445. The molecular formula is C18H16N2O7S. The first-order valence-corrected chi connectivity index (χ1v) is 9.10. The van der Waals surface area contributed by atoms with Crippen LogP contribution in [0, 0.1) is 6.92 Å². The third kappa shape index (κ3) is 3.98. The number of carboxylic acids is 1. The fourth-order valence-electron chi connectivity index (χ4n) is 2.60. The molecule has 3 aromatic rings. The normalized spacial score (nSPS) is 11.5. The van der Waals surface area contributed by atoms with Crippen molar-refractivity contribution in [2.24, 2.45) is 10.2 Å². The van der Waals surface area contributed by atoms with Crippen molar-refractivity contribution in [3.05, 3.63) is 59.7 Å². The molecule has 0 aromatic heterocycles. The summed E-state index contributed by atoms with van der Waals surface area (Å²) >= 11 is 0. The van der Waals surface area contributed by atoms with E-state index in [1.54, 1.807) is 37.3 Å². The molecular weight excluding hydrogens is 388 g/mol. The van der Waals surface area contributed by atoms with Crippen LogP contribution in [-0.2, 0) is 10.1 Å². The van der Waals surface area contributed by atoms with Crippen LogP contribution in [0.25, 0.3) is 10.8 Å². The second kappa shape index (κ2) is 7.72. The predicted octanol–water partition coefficient (Wildman–Crippen LogP) is 3.39. The van der Waals surface area contributed by atoms with Gasteiger partial charge in [-0.2, -0.15) is 8.42 Å². The molecule has 5 N–H and O–H groups in total. The summed E-state index contributed by atoms with van der Waals surface area (Å²) in [6.07, 6.45) is 0. The molecule has 3 rings (SSSR count). The van der Waals surface area contributed by atoms with E-state index in [4.69, 9.17) is 0 Å². The van der Waals surface area contributed by atoms with Crippen LogP contribution in [0.4, 0.5) is 11.4 Å². The van der Waals surface area contributed by atoms with Crippen LogP contribution in [0.3, 0.4) is 0 Å². The van der Waals surface area contributed by atoms with Gasteiger partial charge in [0.25, 0.3) is 10.1 Å². The first-order chi connectivity index (χ1) is 12.7. The SMILES string of the molecule is Cc1ccc(N=Nc2c(O)c(C(=O)O)cc3ccccc23)c(S(=O)(=O)O)c1.O. The van der Waals surface area contributed by atoms with Gasteiger partial charge in [0.05, 0.1) is 0 Å². The van der Waals surface area contributed by atoms with Gasteiger partial charge in [0.15, 0.2) is 5.75 Å². The minimum Gasteiger partial charge on any atom is -0.505 e. The molecule has 0 saturated heterocycles. The predicted molar refractivity (Wildman–Crippen MR) is 101 cm³/mol. The highest BCUT2D eigenvalue weighted by molar-refractivity contribution is 7.86. The summed E-state index contributed by atoms with van der Waals surface area (Å²) in [5.41, 5.74) is -0.0380. The van der Waals surface area contributed by atoms with Gasteiger partial charge in [-0.15, -0.1) is 10.2 Å². The van der Waals surface area contributed by atoms with Crippen molar-refractivity contribution >= 4 is 38.2 Å². The van der Waals surface area contributed by atoms with Crippen LogP contribution in [0.1, 0.15) is 15.9 Å². The Morgan fingerprint density at radius 3 is 2.36 bits per heavy atom. The molecule has 146 valence electrons. The number of benzene rings is 3. The number of nitrogens with zero attached hydrogens (tertiary/aromatic N) is 2. The minimum absolute atomic E-state index is 0. The second-order valence-electron chi connectivity index (χ2n) is 5.79. The maximum atomic E-state index is 11.6. The van der Waals surface area contributed by atoms with Gasteiger partial charge in [0.1, 0.15) is 21.8 Å². The number of hydrogen-bond acceptors (Lipinski definition) is 6. The van der Waals surface area contributed by atoms with Crippen LogP contribution < -0.4 is 0 Å². The van der Waals surface area contributed by atoms with Gasteiger partial charge in [0, 0.05) is 5.39 Å². The van der Waals surface area contributed by atoms with Gasteiger partial charge in [-0.1, -0.05) is 30.3 Å². The van der Waals surface area contributed by atoms with E-state index in [9.17, 15) is 28.0 Å². The average Bonchev–Trinajstić information content (AvgIpc) is 2.60. The highest BCUT2D eigenvalue weighted by atomic mass is 32.2. The van der Waals surface area contributed by atoms with Gasteiger partial charge in [0.2, 0.25) is 0 Å². The third-order valence-electron chi connectivity index (χ3n) is 3.88. The summed E-state index contributed by atoms with van der Waals surface area (Å²) in [6, 6.07) is 12.1. The molecule has 0 heterocycles. The maximum Gasteiger partial charge on any atom is 0.339 e. The van der Waals surface area contributed by atoms with E-state index < -0.39 is 26.7 Å². The van der Waals surface area contributed by atoms with Crippen molar-refractivity contribution < 1.29 is 33.5 Å². The zero-order chi connectivity index (χ0) is 19.8. The van der Waals surface area contributed by atoms with E-state index >= 15 is 0 Å². The number of aromatic hydroxyl groups is 1. The largest absolute Gasteiger partial charge is 0.505 e. The Labute approximate surface area is 159 Å². The Kier molecular flexibility index (Phi) is 5.78. The number of azo groups is 1. The molecule has 0 amide bonds. The Bertz CT molecular complexity index is 1200. The van der Waals surface area contributed by atoms with Crippen molar-refractivity contribution in [1.29, 1.82) is 0 Å². The van der Waals surface area contributed by atoms with Gasteiger partial charge in [-0.05, 0) is 36.1 Å². The highest BCUT2D eigenvalue weighted by Gasteiger charge is 2.19. The molecule has 0 saturated carbocycles. The fourth-order valence-corrected chi connectivity index (χ4v) is 3.30. The summed E-state index contributed by atoms with van der Waals surface area (Å²) in [6.45, 7) is 1.64. The molecule has 3 aromatic carbocycles. The van der Waals surface area contributed by atoms with Gasteiger partial charge in [-0.25, -0.2) is 4.79 Å². The molecule has 0 bridgehead atoms. The van der Waals surface area contributed by atoms with E-state index in [2.05, 4.69) is 10.2 Å². The molecule has 0 aliphatic carbocycles. The zero-order valence-electron chi connectivity index (χ0n) is 14.5. The average molecular weight is 404 g/mol. The standard InChI is InChI=1S/C18H14N2O6S.H2O/c1-10-6-7-14(15(8-10)27(24,25)26)19-20-16-12-5-3-2-4-11(12)9-13(17(16)21)18(22)23;/h2-9,21H,1H3,(H,22,23)(H,24,25,26);1H2. The number of aromatic carboxylic acids is 1. The number of carbonyl (C=O) groups is 1. The van der Waals surface area contributed by atoms with E-state index in [0.717, 1.165) is 0 Å². The third-order valence-corrected chi connectivity index (χ3v) is 4.76. The zero-order valence-corrected chi connectivity index (χ0v) is 15.3. The number of phenols is 1. The molecule has 9 nitrogen and oxygen atoms in total. The van der Waals surface area contributed by atoms with Crippen LogP contribution in [-0.4, -0.2) is 34.6 Å². The Morgan fingerprint density at radius 1 is 1.04 bits per heavy atom. The van der Waals surface area contributed by atoms with Gasteiger partial charge >= 0.3 is 5.97 Å². The van der Waals surface area contributed by atoms with Crippen LogP contribution >= 0.6 is 0 Å². The molecule has 0 spiro atoms. The van der Waals surface area contributed by atoms with E-state index in [0.29, 0.717) is 16.3 Å². The number of aryl methyl sites for hydroxylation is 1. The number of rotatable bonds is 4. The lowest BCUT2D eigenvalue weighted by atomic mass is 10.0. The molecule has 0 radical (unpaired) electrons. The van der Waals surface area contributed by atoms with Gasteiger partial charge < -0.3 is 15.7 Å². The molecule has 0 atom stereocenters. The maximum absolute atomic E-state index is 11.6. The lowest BCUT2D eigenvalue weighted by Crippen LogP contribution is -1.99. The molecule has 0 unspecified atom stereocenters. The summed E-state index contributed by atoms with van der Waals surface area (Å²) in [5.74, 6) is -1.94. The number of fused-ring (bicyclic) bond motifs is 1. The van der Waals surface area contributed by atoms with Crippen molar-refractivity contribution in [3.8, 4) is 5.75 Å². The first kappa shape index (κ1) is 21.0. The summed E-state index contributed by atoms with van der Waals surface area (Å²) < 4.78 is 32.5. The van der Waals surface area contributed by atoms with Crippen LogP contribution in [0.2, 0.25) is 0 Å². The monoisotopic (exact) mass is 404 g/mol. The lowest BCUT2D eigenvalue weighted by molar-refractivity contribution is 0.0694. The smallest absolute Gasteiger partial charge is 0.339 e. The lowest BCUT2D eigenvalue weighted by Gasteiger charge is -2.08.